The number of hydrogen-bond acceptors (Lipinski definition) is 7. The minimum absolute atomic E-state index is 0. The van der Waals surface area contributed by atoms with E-state index in [1.807, 2.05) is 4.90 Å². The third-order valence-corrected chi connectivity index (χ3v) is 10.6. The number of ether oxygens (including phenoxy) is 1. The van der Waals surface area contributed by atoms with Gasteiger partial charge >= 0.3 is 209 Å². The van der Waals surface area contributed by atoms with Gasteiger partial charge in [0.15, 0.2) is 0 Å². The van der Waals surface area contributed by atoms with Crippen molar-refractivity contribution in [3.8, 4) is 0 Å². The Morgan fingerprint density at radius 3 is 2.13 bits per heavy atom. The van der Waals surface area contributed by atoms with Gasteiger partial charge in [-0.25, -0.2) is 0 Å². The zero-order valence-electron chi connectivity index (χ0n) is 22.8. The third kappa shape index (κ3) is 8.30. The molecule has 8 nitrogen and oxygen atoms in total. The number of fused-ring (bicyclic) bond motifs is 1. The van der Waals surface area contributed by atoms with Crippen molar-refractivity contribution in [1.29, 1.82) is 0 Å². The molecule has 3 aliphatic heterocycles. The van der Waals surface area contributed by atoms with Crippen LogP contribution in [0.25, 0.3) is 0 Å². The molecular weight excluding hydrogens is 626 g/mol. The van der Waals surface area contributed by atoms with Gasteiger partial charge in [0, 0.05) is 0 Å². The second-order valence-electron chi connectivity index (χ2n) is 10.2. The van der Waals surface area contributed by atoms with Crippen LogP contribution >= 0.6 is 12.4 Å². The average Bonchev–Trinajstić information content (AvgIpc) is 3.44. The molecule has 1 fully saturated rings. The van der Waals surface area contributed by atoms with Crippen molar-refractivity contribution in [3.05, 3.63) is 44.8 Å². The Morgan fingerprint density at radius 1 is 0.923 bits per heavy atom. The first kappa shape index (κ1) is 31.6. The van der Waals surface area contributed by atoms with Crippen LogP contribution in [0.15, 0.2) is 36.7 Å². The molecule has 4 rings (SSSR count). The first-order valence-corrected chi connectivity index (χ1v) is 18.7. The van der Waals surface area contributed by atoms with Crippen molar-refractivity contribution in [3.63, 3.8) is 0 Å². The Bertz CT molecular complexity index is 1040. The number of rotatable bonds is 13. The van der Waals surface area contributed by atoms with Gasteiger partial charge in [0.25, 0.3) is 0 Å². The second-order valence-corrected chi connectivity index (χ2v) is 14.0. The van der Waals surface area contributed by atoms with E-state index >= 15 is 0 Å². The van der Waals surface area contributed by atoms with Crippen LogP contribution < -0.4 is 0 Å². The monoisotopic (exact) mass is 664 g/mol. The minimum Gasteiger partial charge on any atom is -0.147 e. The fourth-order valence-corrected chi connectivity index (χ4v) is 8.53. The van der Waals surface area contributed by atoms with Crippen LogP contribution in [0.4, 0.5) is 2.66 Å². The minimum atomic E-state index is -3.68. The second kappa shape index (κ2) is 15.8. The maximum Gasteiger partial charge on any atom is -0.147 e. The van der Waals surface area contributed by atoms with Crippen LogP contribution in [0.3, 0.4) is 0 Å². The Kier molecular flexibility index (Phi) is 12.8. The van der Waals surface area contributed by atoms with Crippen LogP contribution in [0, 0.1) is 0 Å². The van der Waals surface area contributed by atoms with Gasteiger partial charge in [0.05, 0.1) is 0 Å². The molecule has 39 heavy (non-hydrogen) atoms. The van der Waals surface area contributed by atoms with E-state index in [9.17, 15) is 17.0 Å². The van der Waals surface area contributed by atoms with E-state index in [1.165, 1.54) is 40.8 Å². The normalized spacial score (nSPS) is 17.2. The van der Waals surface area contributed by atoms with Crippen LogP contribution in [-0.2, 0) is 9.53 Å². The van der Waals surface area contributed by atoms with Crippen LogP contribution in [0.1, 0.15) is 79.0 Å². The van der Waals surface area contributed by atoms with Crippen LogP contribution in [0.5, 0.6) is 0 Å². The smallest absolute Gasteiger partial charge is 0.147 e. The number of carbonyl (C=O) groups excluding carboxylic acids is 3. The van der Waals surface area contributed by atoms with Crippen molar-refractivity contribution >= 4 is 58.4 Å². The number of amidine groups is 1. The molecule has 3 aliphatic rings. The fourth-order valence-electron chi connectivity index (χ4n) is 5.19. The Morgan fingerprint density at radius 2 is 1.51 bits per heavy atom. The van der Waals surface area contributed by atoms with Crippen molar-refractivity contribution in [1.82, 2.24) is 14.7 Å². The van der Waals surface area contributed by atoms with Crippen molar-refractivity contribution in [2.75, 3.05) is 45.9 Å². The molecule has 2 amide bonds. The summed E-state index contributed by atoms with van der Waals surface area (Å²) in [6.45, 7) is 6.01. The summed E-state index contributed by atoms with van der Waals surface area (Å²) in [5.41, 5.74) is 1.22. The molecule has 0 N–H and O–H groups in total. The van der Waals surface area contributed by atoms with E-state index in [2.05, 4.69) is 14.8 Å². The molecule has 0 saturated carbocycles. The molecule has 212 valence electrons. The number of benzene rings is 1. The number of esters is 1. The predicted molar refractivity (Wildman–Crippen MR) is 153 cm³/mol. The SMILES string of the molecule is CCCCCCCCCCOC(=O)C1=[CH][In]([F])[N]=C1N1CCN(CCN2C(=O)c3ccccc3C2=O)CC1.Cl. The molecule has 1 aromatic carbocycles. The summed E-state index contributed by atoms with van der Waals surface area (Å²) >= 11 is -3.68. The molecule has 0 radical (unpaired) electrons. The number of piperazine rings is 1. The topological polar surface area (TPSA) is 82.5 Å². The molecule has 3 heterocycles. The summed E-state index contributed by atoms with van der Waals surface area (Å²) in [7, 11) is 0. The molecule has 0 aromatic heterocycles. The van der Waals surface area contributed by atoms with E-state index in [0.717, 1.165) is 19.3 Å². The van der Waals surface area contributed by atoms with Crippen LogP contribution in [-0.4, -0.2) is 107 Å². The fraction of sp³-hybridized carbons (Fsp3) is 0.571. The van der Waals surface area contributed by atoms with Gasteiger partial charge in [-0.2, -0.15) is 0 Å². The quantitative estimate of drug-likeness (QED) is 0.177. The van der Waals surface area contributed by atoms with Gasteiger partial charge in [0.2, 0.25) is 0 Å². The maximum atomic E-state index is 14.3. The molecule has 0 bridgehead atoms. The number of unbranched alkanes of at least 4 members (excludes halogenated alkanes) is 7. The van der Waals surface area contributed by atoms with Gasteiger partial charge in [0.1, 0.15) is 0 Å². The van der Waals surface area contributed by atoms with Gasteiger partial charge in [-0.3, -0.25) is 0 Å². The summed E-state index contributed by atoms with van der Waals surface area (Å²) in [6.07, 6.45) is 9.33. The number of nitrogens with zero attached hydrogens (tertiary/aromatic N) is 4. The molecule has 11 heteroatoms. The standard InChI is InChI=1S/C28H38N4O4.ClH.FH.In/c1-3-4-5-6-7-8-9-12-21-36-28(35)22(2)25(29)31-18-15-30(16-19-31)17-20-32-26(33)23-13-10-11-14-24(23)27(32)34;;;/h2,10-11,13-14H,3-9,12,15-21H2,1H3;2*1H;/q-1;;;+2/p-1. The molecule has 0 atom stereocenters. The number of amides is 2. The summed E-state index contributed by atoms with van der Waals surface area (Å²) < 4.78 is 25.5. The molecule has 0 aliphatic carbocycles. The maximum absolute atomic E-state index is 14.3. The summed E-state index contributed by atoms with van der Waals surface area (Å²) in [5, 5.41) is 0. The number of carbonyl (C=O) groups is 3. The zero-order chi connectivity index (χ0) is 26.9. The van der Waals surface area contributed by atoms with Gasteiger partial charge in [-0.05, 0) is 0 Å². The summed E-state index contributed by atoms with van der Waals surface area (Å²) in [5.74, 6) is -0.497. The van der Waals surface area contributed by atoms with E-state index < -0.39 is 28.3 Å². The van der Waals surface area contributed by atoms with Gasteiger partial charge in [-0.1, -0.05) is 25.5 Å². The number of imide groups is 1. The molecule has 1 aromatic rings. The summed E-state index contributed by atoms with van der Waals surface area (Å²) in [4.78, 5) is 43.4. The molecule has 0 spiro atoms. The molecule has 1 saturated heterocycles. The zero-order valence-corrected chi connectivity index (χ0v) is 26.9. The van der Waals surface area contributed by atoms with Gasteiger partial charge < -0.3 is 0 Å². The molecular formula is C28H39ClFInN4O4. The first-order valence-electron chi connectivity index (χ1n) is 14.0. The van der Waals surface area contributed by atoms with E-state index in [-0.39, 0.29) is 24.2 Å². The largest absolute Gasteiger partial charge is 0.147 e. The van der Waals surface area contributed by atoms with E-state index in [4.69, 9.17) is 4.74 Å². The number of hydrogen-bond donors (Lipinski definition) is 0. The van der Waals surface area contributed by atoms with E-state index in [0.29, 0.717) is 68.4 Å². The predicted octanol–water partition coefficient (Wildman–Crippen LogP) is 4.34. The van der Waals surface area contributed by atoms with Crippen molar-refractivity contribution in [2.45, 2.75) is 58.3 Å². The Hall–Kier alpha value is -1.91. The Balaban J connectivity index is 0.00000420. The van der Waals surface area contributed by atoms with Crippen molar-refractivity contribution in [2.24, 2.45) is 2.98 Å². The number of halogens is 2. The van der Waals surface area contributed by atoms with Crippen molar-refractivity contribution < 1.29 is 21.8 Å². The molecule has 0 unspecified atom stereocenters. The first-order chi connectivity index (χ1) is 18.5. The Labute approximate surface area is 245 Å². The van der Waals surface area contributed by atoms with Crippen LogP contribution in [0.2, 0.25) is 0 Å². The van der Waals surface area contributed by atoms with Gasteiger partial charge in [-0.15, -0.1) is 12.4 Å². The third-order valence-electron chi connectivity index (χ3n) is 7.43. The summed E-state index contributed by atoms with van der Waals surface area (Å²) in [6, 6.07) is 6.90. The average molecular weight is 665 g/mol. The van der Waals surface area contributed by atoms with E-state index in [1.54, 1.807) is 24.3 Å².